The topological polar surface area (TPSA) is 0 Å². The smallest absolute Gasteiger partial charge is 0.0386 e. The van der Waals surface area contributed by atoms with Gasteiger partial charge in [0.2, 0.25) is 0 Å². The van der Waals surface area contributed by atoms with Crippen LogP contribution in [0.25, 0.3) is 0 Å². The van der Waals surface area contributed by atoms with Gasteiger partial charge in [-0.25, -0.2) is 0 Å². The van der Waals surface area contributed by atoms with Crippen molar-refractivity contribution >= 4 is 0 Å². The molecule has 0 aliphatic heterocycles. The summed E-state index contributed by atoms with van der Waals surface area (Å²) in [6.07, 6.45) is 14.3. The second kappa shape index (κ2) is 7.31. The van der Waals surface area contributed by atoms with Crippen molar-refractivity contribution in [2.75, 3.05) is 0 Å². The molecular formula is C14H27. The molecule has 0 aromatic rings. The van der Waals surface area contributed by atoms with E-state index in [1.165, 1.54) is 64.2 Å². The average Bonchev–Trinajstić information content (AvgIpc) is 2.71. The van der Waals surface area contributed by atoms with E-state index in [-0.39, 0.29) is 0 Å². The van der Waals surface area contributed by atoms with Gasteiger partial charge < -0.3 is 0 Å². The first-order chi connectivity index (χ1) is 6.88. The summed E-state index contributed by atoms with van der Waals surface area (Å²) < 4.78 is 0. The SMILES string of the molecule is [CH2]CC(CCCCCC)C1CCCC1. The number of rotatable bonds is 7. The molecule has 0 nitrogen and oxygen atoms in total. The summed E-state index contributed by atoms with van der Waals surface area (Å²) in [4.78, 5) is 0. The largest absolute Gasteiger partial charge is 0.0654 e. The minimum absolute atomic E-state index is 0.953. The maximum Gasteiger partial charge on any atom is -0.0386 e. The van der Waals surface area contributed by atoms with Crippen molar-refractivity contribution in [3.05, 3.63) is 6.92 Å². The van der Waals surface area contributed by atoms with Crippen LogP contribution in [0.15, 0.2) is 0 Å². The third kappa shape index (κ3) is 4.02. The molecule has 0 N–H and O–H groups in total. The molecule has 1 fully saturated rings. The predicted octanol–water partition coefficient (Wildman–Crippen LogP) is 4.99. The maximum absolute atomic E-state index is 4.13. The fourth-order valence-corrected chi connectivity index (χ4v) is 2.88. The number of unbranched alkanes of at least 4 members (excludes halogenated alkanes) is 3. The quantitative estimate of drug-likeness (QED) is 0.502. The second-order valence-corrected chi connectivity index (χ2v) is 4.94. The Hall–Kier alpha value is 0. The Labute approximate surface area is 90.5 Å². The van der Waals surface area contributed by atoms with E-state index in [1.54, 1.807) is 0 Å². The van der Waals surface area contributed by atoms with Crippen LogP contribution in [-0.4, -0.2) is 0 Å². The Morgan fingerprint density at radius 3 is 2.43 bits per heavy atom. The van der Waals surface area contributed by atoms with E-state index in [4.69, 9.17) is 0 Å². The van der Waals surface area contributed by atoms with E-state index >= 15 is 0 Å². The molecular weight excluding hydrogens is 168 g/mol. The lowest BCUT2D eigenvalue weighted by Crippen LogP contribution is -2.10. The lowest BCUT2D eigenvalue weighted by molar-refractivity contribution is 0.309. The summed E-state index contributed by atoms with van der Waals surface area (Å²) in [7, 11) is 0. The van der Waals surface area contributed by atoms with E-state index in [9.17, 15) is 0 Å². The minimum atomic E-state index is 0.953. The van der Waals surface area contributed by atoms with Crippen LogP contribution in [0.5, 0.6) is 0 Å². The van der Waals surface area contributed by atoms with Crippen LogP contribution >= 0.6 is 0 Å². The number of hydrogen-bond donors (Lipinski definition) is 0. The summed E-state index contributed by atoms with van der Waals surface area (Å²) in [5.74, 6) is 1.99. The van der Waals surface area contributed by atoms with Crippen molar-refractivity contribution in [1.82, 2.24) is 0 Å². The van der Waals surface area contributed by atoms with Gasteiger partial charge in [-0.15, -0.1) is 0 Å². The molecule has 14 heavy (non-hydrogen) atoms. The van der Waals surface area contributed by atoms with Crippen molar-refractivity contribution in [3.8, 4) is 0 Å². The van der Waals surface area contributed by atoms with Crippen LogP contribution in [0.2, 0.25) is 0 Å². The highest BCUT2D eigenvalue weighted by Gasteiger charge is 2.22. The highest BCUT2D eigenvalue weighted by molar-refractivity contribution is 4.76. The van der Waals surface area contributed by atoms with Gasteiger partial charge >= 0.3 is 0 Å². The van der Waals surface area contributed by atoms with Crippen molar-refractivity contribution < 1.29 is 0 Å². The zero-order valence-electron chi connectivity index (χ0n) is 9.93. The van der Waals surface area contributed by atoms with Crippen molar-refractivity contribution in [2.45, 2.75) is 71.1 Å². The van der Waals surface area contributed by atoms with Crippen molar-refractivity contribution in [1.29, 1.82) is 0 Å². The summed E-state index contributed by atoms with van der Waals surface area (Å²) in [6.45, 7) is 6.42. The molecule has 0 saturated heterocycles. The second-order valence-electron chi connectivity index (χ2n) is 4.94. The van der Waals surface area contributed by atoms with Gasteiger partial charge in [-0.1, -0.05) is 78.1 Å². The normalized spacial score (nSPS) is 20.1. The van der Waals surface area contributed by atoms with E-state index in [0.717, 1.165) is 11.8 Å². The molecule has 0 heteroatoms. The monoisotopic (exact) mass is 195 g/mol. The molecule has 0 amide bonds. The lowest BCUT2D eigenvalue weighted by atomic mass is 9.84. The Kier molecular flexibility index (Phi) is 6.31. The Morgan fingerprint density at radius 2 is 1.86 bits per heavy atom. The van der Waals surface area contributed by atoms with Gasteiger partial charge in [0.1, 0.15) is 0 Å². The van der Waals surface area contributed by atoms with E-state index in [1.807, 2.05) is 0 Å². The van der Waals surface area contributed by atoms with Crippen molar-refractivity contribution in [3.63, 3.8) is 0 Å². The van der Waals surface area contributed by atoms with E-state index in [0.29, 0.717) is 0 Å². The molecule has 83 valence electrons. The van der Waals surface area contributed by atoms with Gasteiger partial charge in [-0.3, -0.25) is 0 Å². The molecule has 1 aliphatic carbocycles. The van der Waals surface area contributed by atoms with E-state index in [2.05, 4.69) is 13.8 Å². The lowest BCUT2D eigenvalue weighted by Gasteiger charge is -2.21. The third-order valence-electron chi connectivity index (χ3n) is 3.87. The van der Waals surface area contributed by atoms with Crippen LogP contribution < -0.4 is 0 Å². The molecule has 1 saturated carbocycles. The zero-order valence-corrected chi connectivity index (χ0v) is 9.93. The Balaban J connectivity index is 2.11. The molecule has 0 aromatic carbocycles. The summed E-state index contributed by atoms with van der Waals surface area (Å²) in [5.41, 5.74) is 0. The van der Waals surface area contributed by atoms with Crippen LogP contribution in [0.4, 0.5) is 0 Å². The van der Waals surface area contributed by atoms with Crippen molar-refractivity contribution in [2.24, 2.45) is 11.8 Å². The van der Waals surface area contributed by atoms with Crippen LogP contribution in [-0.2, 0) is 0 Å². The first-order valence-electron chi connectivity index (χ1n) is 6.67. The summed E-state index contributed by atoms with van der Waals surface area (Å²) in [6, 6.07) is 0. The standard InChI is InChI=1S/C14H27/c1-3-5-6-7-10-13(4-2)14-11-8-9-12-14/h13-14H,2-12H2,1H3. The van der Waals surface area contributed by atoms with Gasteiger partial charge in [0.05, 0.1) is 0 Å². The average molecular weight is 195 g/mol. The fourth-order valence-electron chi connectivity index (χ4n) is 2.88. The molecule has 0 bridgehead atoms. The Bertz CT molecular complexity index is 122. The predicted molar refractivity (Wildman–Crippen MR) is 64.2 cm³/mol. The molecule has 0 aromatic heterocycles. The molecule has 1 rings (SSSR count). The van der Waals surface area contributed by atoms with E-state index < -0.39 is 0 Å². The Morgan fingerprint density at radius 1 is 1.14 bits per heavy atom. The molecule has 0 spiro atoms. The van der Waals surface area contributed by atoms with Gasteiger partial charge in [-0.05, 0) is 11.8 Å². The first kappa shape index (κ1) is 12.1. The third-order valence-corrected chi connectivity index (χ3v) is 3.87. The molecule has 0 heterocycles. The van der Waals surface area contributed by atoms with Gasteiger partial charge in [0, 0.05) is 0 Å². The van der Waals surface area contributed by atoms with Crippen LogP contribution in [0.3, 0.4) is 0 Å². The summed E-state index contributed by atoms with van der Waals surface area (Å²) in [5, 5.41) is 0. The van der Waals surface area contributed by atoms with Gasteiger partial charge in [0.15, 0.2) is 0 Å². The van der Waals surface area contributed by atoms with Crippen LogP contribution in [0, 0.1) is 18.8 Å². The van der Waals surface area contributed by atoms with Crippen LogP contribution in [0.1, 0.15) is 71.1 Å². The molecule has 1 atom stereocenters. The minimum Gasteiger partial charge on any atom is -0.0654 e. The molecule has 1 radical (unpaired) electrons. The first-order valence-corrected chi connectivity index (χ1v) is 6.67. The molecule has 1 unspecified atom stereocenters. The van der Waals surface area contributed by atoms with Gasteiger partial charge in [0.25, 0.3) is 0 Å². The molecule has 1 aliphatic rings. The highest BCUT2D eigenvalue weighted by Crippen LogP contribution is 2.35. The fraction of sp³-hybridized carbons (Fsp3) is 0.929. The zero-order chi connectivity index (χ0) is 10.2. The van der Waals surface area contributed by atoms with Gasteiger partial charge in [-0.2, -0.15) is 0 Å². The maximum atomic E-state index is 4.13. The number of hydrogen-bond acceptors (Lipinski definition) is 0. The summed E-state index contributed by atoms with van der Waals surface area (Å²) >= 11 is 0. The highest BCUT2D eigenvalue weighted by atomic mass is 14.3.